The van der Waals surface area contributed by atoms with Gasteiger partial charge in [-0.3, -0.25) is 9.48 Å². The fourth-order valence-corrected chi connectivity index (χ4v) is 2.01. The number of aromatic nitrogens is 2. The van der Waals surface area contributed by atoms with Crippen LogP contribution in [0, 0.1) is 0 Å². The molecule has 1 aliphatic carbocycles. The smallest absolute Gasteiger partial charge is 0.159 e. The molecule has 17 heavy (non-hydrogen) atoms. The molecule has 0 amide bonds. The Kier molecular flexibility index (Phi) is 2.18. The lowest BCUT2D eigenvalue weighted by Gasteiger charge is -2.02. The molecule has 0 atom stereocenters. The van der Waals surface area contributed by atoms with Crippen LogP contribution in [0.15, 0.2) is 18.3 Å². The van der Waals surface area contributed by atoms with Gasteiger partial charge in [0.05, 0.1) is 13.2 Å². The summed E-state index contributed by atoms with van der Waals surface area (Å²) in [6.45, 7) is 1.56. The molecule has 0 spiro atoms. The average Bonchev–Trinajstić information content (AvgIpc) is 3.07. The van der Waals surface area contributed by atoms with E-state index in [1.165, 1.54) is 12.8 Å². The van der Waals surface area contributed by atoms with E-state index in [4.69, 9.17) is 4.74 Å². The van der Waals surface area contributed by atoms with Crippen LogP contribution in [-0.4, -0.2) is 22.7 Å². The first-order valence-electron chi connectivity index (χ1n) is 5.77. The van der Waals surface area contributed by atoms with E-state index in [9.17, 15) is 4.79 Å². The molecule has 1 heterocycles. The summed E-state index contributed by atoms with van der Waals surface area (Å²) in [7, 11) is 1.61. The molecule has 0 radical (unpaired) electrons. The van der Waals surface area contributed by atoms with Crippen LogP contribution in [0.2, 0.25) is 0 Å². The SMILES string of the molecule is COc1cc(C(C)=O)cc2cn(C3CC3)nc12. The van der Waals surface area contributed by atoms with Gasteiger partial charge in [0, 0.05) is 17.1 Å². The van der Waals surface area contributed by atoms with Crippen molar-refractivity contribution in [3.8, 4) is 5.75 Å². The minimum absolute atomic E-state index is 0.0457. The summed E-state index contributed by atoms with van der Waals surface area (Å²) in [5, 5.41) is 5.50. The van der Waals surface area contributed by atoms with Crippen molar-refractivity contribution in [1.82, 2.24) is 9.78 Å². The molecule has 1 aromatic carbocycles. The van der Waals surface area contributed by atoms with Gasteiger partial charge in [-0.25, -0.2) is 0 Å². The first-order valence-corrected chi connectivity index (χ1v) is 5.77. The van der Waals surface area contributed by atoms with Crippen molar-refractivity contribution < 1.29 is 9.53 Å². The van der Waals surface area contributed by atoms with Crippen LogP contribution in [0.5, 0.6) is 5.75 Å². The van der Waals surface area contributed by atoms with Crippen molar-refractivity contribution >= 4 is 16.7 Å². The Balaban J connectivity index is 2.21. The van der Waals surface area contributed by atoms with Crippen molar-refractivity contribution in [3.63, 3.8) is 0 Å². The normalized spacial score (nSPS) is 15.2. The van der Waals surface area contributed by atoms with Crippen LogP contribution in [0.3, 0.4) is 0 Å². The molecule has 4 heteroatoms. The van der Waals surface area contributed by atoms with Gasteiger partial charge >= 0.3 is 0 Å². The van der Waals surface area contributed by atoms with Gasteiger partial charge in [-0.1, -0.05) is 0 Å². The summed E-state index contributed by atoms with van der Waals surface area (Å²) in [4.78, 5) is 11.4. The van der Waals surface area contributed by atoms with E-state index in [1.807, 2.05) is 16.9 Å². The van der Waals surface area contributed by atoms with E-state index in [-0.39, 0.29) is 5.78 Å². The van der Waals surface area contributed by atoms with E-state index in [2.05, 4.69) is 5.10 Å². The molecule has 0 unspecified atom stereocenters. The van der Waals surface area contributed by atoms with Gasteiger partial charge in [0.15, 0.2) is 5.78 Å². The predicted molar refractivity (Wildman–Crippen MR) is 64.6 cm³/mol. The number of nitrogens with zero attached hydrogens (tertiary/aromatic N) is 2. The first-order chi connectivity index (χ1) is 8.19. The second kappa shape index (κ2) is 3.58. The summed E-state index contributed by atoms with van der Waals surface area (Å²) >= 11 is 0. The van der Waals surface area contributed by atoms with Gasteiger partial charge in [0.25, 0.3) is 0 Å². The monoisotopic (exact) mass is 230 g/mol. The number of ether oxygens (including phenoxy) is 1. The summed E-state index contributed by atoms with van der Waals surface area (Å²) < 4.78 is 7.29. The molecule has 0 saturated heterocycles. The molecular weight excluding hydrogens is 216 g/mol. The Morgan fingerprint density at radius 2 is 2.24 bits per heavy atom. The third-order valence-electron chi connectivity index (χ3n) is 3.14. The number of carbonyl (C=O) groups is 1. The van der Waals surface area contributed by atoms with Gasteiger partial charge in [-0.05, 0) is 31.9 Å². The van der Waals surface area contributed by atoms with Crippen molar-refractivity contribution in [3.05, 3.63) is 23.9 Å². The number of hydrogen-bond donors (Lipinski definition) is 0. The number of fused-ring (bicyclic) bond motifs is 1. The summed E-state index contributed by atoms with van der Waals surface area (Å²) in [6, 6.07) is 4.17. The number of rotatable bonds is 3. The maximum absolute atomic E-state index is 11.4. The zero-order valence-corrected chi connectivity index (χ0v) is 9.93. The molecule has 2 aromatic rings. The summed E-state index contributed by atoms with van der Waals surface area (Å²) in [5.41, 5.74) is 1.51. The van der Waals surface area contributed by atoms with E-state index < -0.39 is 0 Å². The Morgan fingerprint density at radius 3 is 2.82 bits per heavy atom. The Morgan fingerprint density at radius 1 is 1.47 bits per heavy atom. The molecule has 3 rings (SSSR count). The Bertz CT molecular complexity index is 597. The zero-order chi connectivity index (χ0) is 12.0. The molecular formula is C13H14N2O2. The van der Waals surface area contributed by atoms with Crippen molar-refractivity contribution in [2.45, 2.75) is 25.8 Å². The maximum Gasteiger partial charge on any atom is 0.159 e. The largest absolute Gasteiger partial charge is 0.494 e. The lowest BCUT2D eigenvalue weighted by Crippen LogP contribution is -1.95. The van der Waals surface area contributed by atoms with E-state index in [1.54, 1.807) is 20.1 Å². The number of benzene rings is 1. The van der Waals surface area contributed by atoms with Crippen LogP contribution in [-0.2, 0) is 0 Å². The minimum Gasteiger partial charge on any atom is -0.494 e. The maximum atomic E-state index is 11.4. The van der Waals surface area contributed by atoms with Crippen LogP contribution >= 0.6 is 0 Å². The molecule has 88 valence electrons. The van der Waals surface area contributed by atoms with Crippen LogP contribution < -0.4 is 4.74 Å². The highest BCUT2D eigenvalue weighted by Gasteiger charge is 2.25. The van der Waals surface area contributed by atoms with Gasteiger partial charge < -0.3 is 4.74 Å². The van der Waals surface area contributed by atoms with Crippen molar-refractivity contribution in [2.75, 3.05) is 7.11 Å². The van der Waals surface area contributed by atoms with E-state index >= 15 is 0 Å². The lowest BCUT2D eigenvalue weighted by molar-refractivity contribution is 0.101. The third-order valence-corrected chi connectivity index (χ3v) is 3.14. The predicted octanol–water partition coefficient (Wildman–Crippen LogP) is 2.58. The Labute approximate surface area is 99.2 Å². The number of Topliss-reactive ketones (excluding diaryl/α,β-unsaturated/α-hetero) is 1. The molecule has 1 aromatic heterocycles. The average molecular weight is 230 g/mol. The number of hydrogen-bond acceptors (Lipinski definition) is 3. The summed E-state index contributed by atoms with van der Waals surface area (Å²) in [6.07, 6.45) is 4.38. The molecule has 0 aliphatic heterocycles. The van der Waals surface area contributed by atoms with Gasteiger partial charge in [0.1, 0.15) is 11.3 Å². The van der Waals surface area contributed by atoms with Crippen LogP contribution in [0.25, 0.3) is 10.9 Å². The lowest BCUT2D eigenvalue weighted by atomic mass is 10.1. The van der Waals surface area contributed by atoms with Gasteiger partial charge in [-0.15, -0.1) is 0 Å². The van der Waals surface area contributed by atoms with E-state index in [0.29, 0.717) is 17.4 Å². The molecule has 1 saturated carbocycles. The quantitative estimate of drug-likeness (QED) is 0.761. The number of methoxy groups -OCH3 is 1. The van der Waals surface area contributed by atoms with Gasteiger partial charge in [-0.2, -0.15) is 5.10 Å². The Hall–Kier alpha value is -1.84. The highest BCUT2D eigenvalue weighted by Crippen LogP contribution is 2.36. The molecule has 1 aliphatic rings. The molecule has 0 bridgehead atoms. The molecule has 0 N–H and O–H groups in total. The van der Waals surface area contributed by atoms with Crippen LogP contribution in [0.4, 0.5) is 0 Å². The van der Waals surface area contributed by atoms with Gasteiger partial charge in [0.2, 0.25) is 0 Å². The molecule has 4 nitrogen and oxygen atoms in total. The fourth-order valence-electron chi connectivity index (χ4n) is 2.01. The second-order valence-corrected chi connectivity index (χ2v) is 4.51. The van der Waals surface area contributed by atoms with Crippen LogP contribution in [0.1, 0.15) is 36.2 Å². The minimum atomic E-state index is 0.0457. The fraction of sp³-hybridized carbons (Fsp3) is 0.385. The number of ketones is 1. The summed E-state index contributed by atoms with van der Waals surface area (Å²) in [5.74, 6) is 0.719. The highest BCUT2D eigenvalue weighted by molar-refractivity contribution is 5.99. The zero-order valence-electron chi connectivity index (χ0n) is 9.93. The number of carbonyl (C=O) groups excluding carboxylic acids is 1. The molecule has 1 fully saturated rings. The van der Waals surface area contributed by atoms with Crippen molar-refractivity contribution in [2.24, 2.45) is 0 Å². The first kappa shape index (κ1) is 10.3. The standard InChI is InChI=1S/C13H14N2O2/c1-8(16)9-5-10-7-15(11-3-4-11)14-13(10)12(6-9)17-2/h5-7,11H,3-4H2,1-2H3. The third kappa shape index (κ3) is 1.69. The van der Waals surface area contributed by atoms with E-state index in [0.717, 1.165) is 10.9 Å². The van der Waals surface area contributed by atoms with Crippen molar-refractivity contribution in [1.29, 1.82) is 0 Å². The highest BCUT2D eigenvalue weighted by atomic mass is 16.5. The second-order valence-electron chi connectivity index (χ2n) is 4.51. The topological polar surface area (TPSA) is 44.1 Å².